The van der Waals surface area contributed by atoms with E-state index in [4.69, 9.17) is 22.1 Å². The Balaban J connectivity index is 2.44. The van der Waals surface area contributed by atoms with E-state index in [9.17, 15) is 4.39 Å². The highest BCUT2D eigenvalue weighted by Gasteiger charge is 2.15. The first-order valence-corrected chi connectivity index (χ1v) is 6.35. The summed E-state index contributed by atoms with van der Waals surface area (Å²) >= 11 is 6.07. The Morgan fingerprint density at radius 3 is 2.63 bits per heavy atom. The van der Waals surface area contributed by atoms with Crippen LogP contribution in [0, 0.1) is 12.7 Å². The van der Waals surface area contributed by atoms with Crippen LogP contribution in [0.3, 0.4) is 0 Å². The summed E-state index contributed by atoms with van der Waals surface area (Å²) < 4.78 is 19.5. The summed E-state index contributed by atoms with van der Waals surface area (Å²) in [6.07, 6.45) is 0. The first-order valence-electron chi connectivity index (χ1n) is 5.97. The van der Waals surface area contributed by atoms with Gasteiger partial charge in [-0.25, -0.2) is 4.39 Å². The van der Waals surface area contributed by atoms with Gasteiger partial charge in [0.2, 0.25) is 0 Å². The number of hydrogen-bond donors (Lipinski definition) is 1. The summed E-state index contributed by atoms with van der Waals surface area (Å²) in [6, 6.07) is 9.60. The molecule has 0 aliphatic rings. The molecule has 2 aromatic carbocycles. The highest BCUT2D eigenvalue weighted by molar-refractivity contribution is 6.32. The summed E-state index contributed by atoms with van der Waals surface area (Å²) in [5.74, 6) is 0.507. The zero-order valence-corrected chi connectivity index (χ0v) is 11.5. The molecule has 100 valence electrons. The minimum atomic E-state index is -0.459. The van der Waals surface area contributed by atoms with Crippen LogP contribution in [0.15, 0.2) is 36.4 Å². The quantitative estimate of drug-likeness (QED) is 0.891. The Kier molecular flexibility index (Phi) is 4.08. The van der Waals surface area contributed by atoms with Crippen LogP contribution in [0.1, 0.15) is 24.1 Å². The Bertz CT molecular complexity index is 599. The van der Waals surface area contributed by atoms with Crippen LogP contribution in [-0.2, 0) is 0 Å². The monoisotopic (exact) mass is 279 g/mol. The normalized spacial score (nSPS) is 12.3. The molecule has 0 fully saturated rings. The lowest BCUT2D eigenvalue weighted by Crippen LogP contribution is -2.09. The molecule has 0 aromatic heterocycles. The smallest absolute Gasteiger partial charge is 0.146 e. The van der Waals surface area contributed by atoms with Gasteiger partial charge in [0.25, 0.3) is 0 Å². The maximum absolute atomic E-state index is 13.8. The van der Waals surface area contributed by atoms with Crippen LogP contribution in [0.25, 0.3) is 0 Å². The van der Waals surface area contributed by atoms with E-state index < -0.39 is 6.04 Å². The number of rotatable bonds is 3. The summed E-state index contributed by atoms with van der Waals surface area (Å²) in [4.78, 5) is 0. The predicted octanol–water partition coefficient (Wildman–Crippen LogP) is 4.60. The van der Waals surface area contributed by atoms with Crippen molar-refractivity contribution in [3.05, 3.63) is 58.4 Å². The number of hydrogen-bond acceptors (Lipinski definition) is 2. The lowest BCUT2D eigenvalue weighted by molar-refractivity contribution is 0.461. The van der Waals surface area contributed by atoms with Crippen molar-refractivity contribution in [1.82, 2.24) is 0 Å². The summed E-state index contributed by atoms with van der Waals surface area (Å²) in [6.45, 7) is 3.64. The first kappa shape index (κ1) is 13.8. The second-order valence-corrected chi connectivity index (χ2v) is 4.88. The second kappa shape index (κ2) is 5.59. The van der Waals surface area contributed by atoms with Gasteiger partial charge < -0.3 is 10.5 Å². The van der Waals surface area contributed by atoms with E-state index in [1.54, 1.807) is 31.2 Å². The molecular formula is C15H15ClFNO. The van der Waals surface area contributed by atoms with Gasteiger partial charge in [-0.15, -0.1) is 0 Å². The Morgan fingerprint density at radius 1 is 1.21 bits per heavy atom. The van der Waals surface area contributed by atoms with Gasteiger partial charge in [0.15, 0.2) is 0 Å². The molecule has 2 rings (SSSR count). The van der Waals surface area contributed by atoms with Crippen molar-refractivity contribution < 1.29 is 9.13 Å². The van der Waals surface area contributed by atoms with Crippen LogP contribution < -0.4 is 10.5 Å². The van der Waals surface area contributed by atoms with E-state index in [0.29, 0.717) is 22.1 Å². The summed E-state index contributed by atoms with van der Waals surface area (Å²) in [5, 5.41) is 0.477. The average Bonchev–Trinajstić information content (AvgIpc) is 2.33. The number of benzene rings is 2. The standard InChI is InChI=1S/C15H15ClFNO/c1-9-6-7-11(16)14(8-9)19-13-5-3-4-12(17)15(13)10(2)18/h3-8,10H,18H2,1-2H3/t10-/m1/s1. The lowest BCUT2D eigenvalue weighted by atomic mass is 10.1. The van der Waals surface area contributed by atoms with E-state index in [2.05, 4.69) is 0 Å². The highest BCUT2D eigenvalue weighted by Crippen LogP contribution is 2.34. The molecule has 0 aliphatic heterocycles. The van der Waals surface area contributed by atoms with E-state index in [-0.39, 0.29) is 5.82 Å². The number of ether oxygens (including phenoxy) is 1. The molecule has 4 heteroatoms. The van der Waals surface area contributed by atoms with Crippen LogP contribution in [-0.4, -0.2) is 0 Å². The fourth-order valence-corrected chi connectivity index (χ4v) is 2.01. The SMILES string of the molecule is Cc1ccc(Cl)c(Oc2cccc(F)c2[C@@H](C)N)c1. The van der Waals surface area contributed by atoms with Gasteiger partial charge in [-0.3, -0.25) is 0 Å². The third kappa shape index (κ3) is 3.06. The molecule has 0 saturated carbocycles. The predicted molar refractivity (Wildman–Crippen MR) is 75.3 cm³/mol. The van der Waals surface area contributed by atoms with Gasteiger partial charge in [0.1, 0.15) is 17.3 Å². The molecule has 0 radical (unpaired) electrons. The Hall–Kier alpha value is -1.58. The van der Waals surface area contributed by atoms with Gasteiger partial charge in [-0.05, 0) is 43.7 Å². The van der Waals surface area contributed by atoms with Crippen molar-refractivity contribution >= 4 is 11.6 Å². The van der Waals surface area contributed by atoms with Crippen molar-refractivity contribution in [2.24, 2.45) is 5.73 Å². The highest BCUT2D eigenvalue weighted by atomic mass is 35.5. The second-order valence-electron chi connectivity index (χ2n) is 4.48. The zero-order valence-electron chi connectivity index (χ0n) is 10.8. The van der Waals surface area contributed by atoms with Gasteiger partial charge in [-0.1, -0.05) is 23.7 Å². The summed E-state index contributed by atoms with van der Waals surface area (Å²) in [5.41, 5.74) is 7.14. The van der Waals surface area contributed by atoms with Gasteiger partial charge in [-0.2, -0.15) is 0 Å². The van der Waals surface area contributed by atoms with E-state index in [1.807, 2.05) is 13.0 Å². The lowest BCUT2D eigenvalue weighted by Gasteiger charge is -2.15. The first-order chi connectivity index (χ1) is 8.99. The fourth-order valence-electron chi connectivity index (χ4n) is 1.86. The third-order valence-electron chi connectivity index (χ3n) is 2.77. The maximum atomic E-state index is 13.8. The van der Waals surface area contributed by atoms with Gasteiger partial charge in [0, 0.05) is 11.6 Å². The number of nitrogens with two attached hydrogens (primary N) is 1. The van der Waals surface area contributed by atoms with Crippen LogP contribution in [0.5, 0.6) is 11.5 Å². The van der Waals surface area contributed by atoms with Crippen molar-refractivity contribution in [2.75, 3.05) is 0 Å². The molecule has 0 unspecified atom stereocenters. The van der Waals surface area contributed by atoms with Crippen LogP contribution in [0.2, 0.25) is 5.02 Å². The molecule has 1 atom stereocenters. The molecule has 2 aromatic rings. The van der Waals surface area contributed by atoms with E-state index in [1.165, 1.54) is 6.07 Å². The van der Waals surface area contributed by atoms with Gasteiger partial charge >= 0.3 is 0 Å². The topological polar surface area (TPSA) is 35.2 Å². The molecule has 0 heterocycles. The van der Waals surface area contributed by atoms with E-state index in [0.717, 1.165) is 5.56 Å². The van der Waals surface area contributed by atoms with Crippen molar-refractivity contribution in [1.29, 1.82) is 0 Å². The molecule has 0 amide bonds. The molecule has 0 spiro atoms. The summed E-state index contributed by atoms with van der Waals surface area (Å²) in [7, 11) is 0. The van der Waals surface area contributed by atoms with Crippen molar-refractivity contribution in [3.63, 3.8) is 0 Å². The fraction of sp³-hybridized carbons (Fsp3) is 0.200. The third-order valence-corrected chi connectivity index (χ3v) is 3.09. The van der Waals surface area contributed by atoms with Crippen LogP contribution >= 0.6 is 11.6 Å². The molecule has 2 nitrogen and oxygen atoms in total. The maximum Gasteiger partial charge on any atom is 0.146 e. The van der Waals surface area contributed by atoms with Crippen molar-refractivity contribution in [2.45, 2.75) is 19.9 Å². The number of halogens is 2. The Morgan fingerprint density at radius 2 is 1.95 bits per heavy atom. The molecule has 0 bridgehead atoms. The minimum absolute atomic E-state index is 0.347. The molecular weight excluding hydrogens is 265 g/mol. The van der Waals surface area contributed by atoms with Crippen molar-refractivity contribution in [3.8, 4) is 11.5 Å². The molecule has 19 heavy (non-hydrogen) atoms. The molecule has 0 aliphatic carbocycles. The average molecular weight is 280 g/mol. The minimum Gasteiger partial charge on any atom is -0.455 e. The number of aryl methyl sites for hydroxylation is 1. The molecule has 2 N–H and O–H groups in total. The Labute approximate surface area is 117 Å². The van der Waals surface area contributed by atoms with E-state index >= 15 is 0 Å². The largest absolute Gasteiger partial charge is 0.455 e. The zero-order chi connectivity index (χ0) is 14.0. The molecule has 0 saturated heterocycles. The van der Waals surface area contributed by atoms with Gasteiger partial charge in [0.05, 0.1) is 5.02 Å². The van der Waals surface area contributed by atoms with Crippen LogP contribution in [0.4, 0.5) is 4.39 Å².